The Morgan fingerprint density at radius 3 is 2.53 bits per heavy atom. The number of aryl methyl sites for hydroxylation is 1. The number of hydrogen-bond donors (Lipinski definition) is 2. The molecular formula is C11H11Cl2N3O. The van der Waals surface area contributed by atoms with E-state index in [0.29, 0.717) is 28.1 Å². The number of halogens is 2. The molecule has 0 saturated heterocycles. The number of benzene rings is 1. The SMILES string of the molecule is Cc1n[nH]c(CN)c1Oc1cc(Cl)cc(Cl)c1. The Morgan fingerprint density at radius 1 is 1.29 bits per heavy atom. The summed E-state index contributed by atoms with van der Waals surface area (Å²) < 4.78 is 5.69. The second-order valence-electron chi connectivity index (χ2n) is 3.53. The van der Waals surface area contributed by atoms with Crippen molar-refractivity contribution >= 4 is 23.2 Å². The molecule has 0 fully saturated rings. The van der Waals surface area contributed by atoms with Crippen molar-refractivity contribution in [3.05, 3.63) is 39.6 Å². The first kappa shape index (κ1) is 12.2. The lowest BCUT2D eigenvalue weighted by atomic mass is 10.3. The van der Waals surface area contributed by atoms with Gasteiger partial charge in [0, 0.05) is 16.6 Å². The molecule has 17 heavy (non-hydrogen) atoms. The molecule has 0 bridgehead atoms. The fourth-order valence-corrected chi connectivity index (χ4v) is 1.96. The Bertz CT molecular complexity index is 519. The predicted molar refractivity (Wildman–Crippen MR) is 67.8 cm³/mol. The Kier molecular flexibility index (Phi) is 3.57. The Balaban J connectivity index is 2.33. The molecule has 0 aliphatic heterocycles. The van der Waals surface area contributed by atoms with Crippen LogP contribution in [0.2, 0.25) is 10.0 Å². The summed E-state index contributed by atoms with van der Waals surface area (Å²) in [5, 5.41) is 7.87. The van der Waals surface area contributed by atoms with Crippen LogP contribution < -0.4 is 10.5 Å². The number of ether oxygens (including phenoxy) is 1. The summed E-state index contributed by atoms with van der Waals surface area (Å²) in [6, 6.07) is 5.00. The number of rotatable bonds is 3. The topological polar surface area (TPSA) is 63.9 Å². The molecule has 0 spiro atoms. The molecule has 2 rings (SSSR count). The van der Waals surface area contributed by atoms with Gasteiger partial charge in [0.2, 0.25) is 0 Å². The minimum atomic E-state index is 0.324. The van der Waals surface area contributed by atoms with Gasteiger partial charge in [0.05, 0.1) is 5.69 Å². The zero-order valence-electron chi connectivity index (χ0n) is 9.13. The summed E-state index contributed by atoms with van der Waals surface area (Å²) in [6.07, 6.45) is 0. The van der Waals surface area contributed by atoms with Crippen molar-refractivity contribution in [1.82, 2.24) is 10.2 Å². The molecule has 4 nitrogen and oxygen atoms in total. The molecule has 2 aromatic rings. The molecule has 0 unspecified atom stereocenters. The van der Waals surface area contributed by atoms with Gasteiger partial charge in [-0.3, -0.25) is 5.10 Å². The molecule has 1 aromatic carbocycles. The van der Waals surface area contributed by atoms with Crippen molar-refractivity contribution in [1.29, 1.82) is 0 Å². The van der Waals surface area contributed by atoms with Crippen LogP contribution in [0.4, 0.5) is 0 Å². The van der Waals surface area contributed by atoms with E-state index >= 15 is 0 Å². The number of hydrogen-bond acceptors (Lipinski definition) is 3. The van der Waals surface area contributed by atoms with Crippen molar-refractivity contribution in [2.75, 3.05) is 0 Å². The third-order valence-electron chi connectivity index (χ3n) is 2.22. The fraction of sp³-hybridized carbons (Fsp3) is 0.182. The molecule has 0 aliphatic carbocycles. The molecule has 6 heteroatoms. The molecule has 1 heterocycles. The van der Waals surface area contributed by atoms with Gasteiger partial charge in [-0.15, -0.1) is 0 Å². The quantitative estimate of drug-likeness (QED) is 0.901. The molecular weight excluding hydrogens is 261 g/mol. The number of nitrogens with zero attached hydrogens (tertiary/aromatic N) is 1. The second-order valence-corrected chi connectivity index (χ2v) is 4.40. The smallest absolute Gasteiger partial charge is 0.172 e. The summed E-state index contributed by atoms with van der Waals surface area (Å²) in [5.41, 5.74) is 7.05. The highest BCUT2D eigenvalue weighted by atomic mass is 35.5. The first-order chi connectivity index (χ1) is 8.10. The van der Waals surface area contributed by atoms with Crippen LogP contribution in [0.15, 0.2) is 18.2 Å². The minimum Gasteiger partial charge on any atom is -0.453 e. The summed E-state index contributed by atoms with van der Waals surface area (Å²) in [4.78, 5) is 0. The molecule has 90 valence electrons. The third-order valence-corrected chi connectivity index (χ3v) is 2.66. The van der Waals surface area contributed by atoms with E-state index in [1.165, 1.54) is 0 Å². The second kappa shape index (κ2) is 4.96. The monoisotopic (exact) mass is 271 g/mol. The normalized spacial score (nSPS) is 10.6. The summed E-state index contributed by atoms with van der Waals surface area (Å²) in [6.45, 7) is 2.15. The Hall–Kier alpha value is -1.23. The zero-order chi connectivity index (χ0) is 12.4. The summed E-state index contributed by atoms with van der Waals surface area (Å²) in [5.74, 6) is 1.17. The van der Waals surface area contributed by atoms with Crippen LogP contribution in [0.3, 0.4) is 0 Å². The summed E-state index contributed by atoms with van der Waals surface area (Å²) >= 11 is 11.8. The third kappa shape index (κ3) is 2.72. The van der Waals surface area contributed by atoms with Crippen molar-refractivity contribution < 1.29 is 4.74 Å². The highest BCUT2D eigenvalue weighted by Gasteiger charge is 2.11. The predicted octanol–water partition coefficient (Wildman–Crippen LogP) is 3.28. The Labute approximate surface area is 109 Å². The lowest BCUT2D eigenvalue weighted by molar-refractivity contribution is 0.473. The first-order valence-corrected chi connectivity index (χ1v) is 5.73. The highest BCUT2D eigenvalue weighted by Crippen LogP contribution is 2.31. The lowest BCUT2D eigenvalue weighted by Crippen LogP contribution is -1.99. The number of aromatic amines is 1. The van der Waals surface area contributed by atoms with Gasteiger partial charge in [0.25, 0.3) is 0 Å². The van der Waals surface area contributed by atoms with Crippen LogP contribution in [-0.4, -0.2) is 10.2 Å². The van der Waals surface area contributed by atoms with E-state index in [-0.39, 0.29) is 0 Å². The van der Waals surface area contributed by atoms with Gasteiger partial charge in [-0.2, -0.15) is 5.10 Å². The van der Waals surface area contributed by atoms with E-state index in [1.54, 1.807) is 18.2 Å². The zero-order valence-corrected chi connectivity index (χ0v) is 10.6. The average Bonchev–Trinajstić information content (AvgIpc) is 2.59. The van der Waals surface area contributed by atoms with Gasteiger partial charge in [0.15, 0.2) is 5.75 Å². The van der Waals surface area contributed by atoms with Gasteiger partial charge < -0.3 is 10.5 Å². The van der Waals surface area contributed by atoms with Crippen LogP contribution in [-0.2, 0) is 6.54 Å². The van der Waals surface area contributed by atoms with E-state index in [1.807, 2.05) is 6.92 Å². The standard InChI is InChI=1S/C11H11Cl2N3O/c1-6-11(10(5-14)16-15-6)17-9-3-7(12)2-8(13)4-9/h2-4H,5,14H2,1H3,(H,15,16). The number of aromatic nitrogens is 2. The van der Waals surface area contributed by atoms with Gasteiger partial charge in [-0.1, -0.05) is 23.2 Å². The van der Waals surface area contributed by atoms with Crippen LogP contribution in [0.5, 0.6) is 11.5 Å². The summed E-state index contributed by atoms with van der Waals surface area (Å²) in [7, 11) is 0. The van der Waals surface area contributed by atoms with Crippen LogP contribution in [0.1, 0.15) is 11.4 Å². The van der Waals surface area contributed by atoms with E-state index in [4.69, 9.17) is 33.7 Å². The van der Waals surface area contributed by atoms with E-state index in [0.717, 1.165) is 11.4 Å². The molecule has 0 saturated carbocycles. The van der Waals surface area contributed by atoms with Crippen LogP contribution in [0.25, 0.3) is 0 Å². The van der Waals surface area contributed by atoms with E-state index in [9.17, 15) is 0 Å². The number of nitrogens with one attached hydrogen (secondary N) is 1. The minimum absolute atomic E-state index is 0.324. The molecule has 1 aromatic heterocycles. The van der Waals surface area contributed by atoms with Gasteiger partial charge >= 0.3 is 0 Å². The number of nitrogens with two attached hydrogens (primary N) is 1. The molecule has 3 N–H and O–H groups in total. The average molecular weight is 272 g/mol. The molecule has 0 atom stereocenters. The highest BCUT2D eigenvalue weighted by molar-refractivity contribution is 6.34. The van der Waals surface area contributed by atoms with Crippen molar-refractivity contribution in [3.63, 3.8) is 0 Å². The number of H-pyrrole nitrogens is 1. The van der Waals surface area contributed by atoms with E-state index < -0.39 is 0 Å². The van der Waals surface area contributed by atoms with Crippen LogP contribution in [0, 0.1) is 6.92 Å². The van der Waals surface area contributed by atoms with Gasteiger partial charge in [0.1, 0.15) is 11.4 Å². The largest absolute Gasteiger partial charge is 0.453 e. The maximum absolute atomic E-state index is 5.89. The van der Waals surface area contributed by atoms with E-state index in [2.05, 4.69) is 10.2 Å². The fourth-order valence-electron chi connectivity index (χ4n) is 1.45. The molecule has 0 amide bonds. The molecule has 0 radical (unpaired) electrons. The van der Waals surface area contributed by atoms with Crippen LogP contribution >= 0.6 is 23.2 Å². The molecule has 0 aliphatic rings. The maximum atomic E-state index is 5.89. The van der Waals surface area contributed by atoms with Crippen molar-refractivity contribution in [2.45, 2.75) is 13.5 Å². The van der Waals surface area contributed by atoms with Crippen molar-refractivity contribution in [2.24, 2.45) is 5.73 Å². The van der Waals surface area contributed by atoms with Crippen molar-refractivity contribution in [3.8, 4) is 11.5 Å². The first-order valence-electron chi connectivity index (χ1n) is 4.98. The lowest BCUT2D eigenvalue weighted by Gasteiger charge is -2.07. The van der Waals surface area contributed by atoms with Gasteiger partial charge in [-0.25, -0.2) is 0 Å². The Morgan fingerprint density at radius 2 is 1.94 bits per heavy atom. The maximum Gasteiger partial charge on any atom is 0.172 e. The van der Waals surface area contributed by atoms with Gasteiger partial charge in [-0.05, 0) is 25.1 Å².